The number of benzene rings is 2. The van der Waals surface area contributed by atoms with Gasteiger partial charge in [-0.3, -0.25) is 19.4 Å². The van der Waals surface area contributed by atoms with Gasteiger partial charge in [0, 0.05) is 41.9 Å². The molecule has 3 aromatic rings. The highest BCUT2D eigenvalue weighted by molar-refractivity contribution is 6.07. The summed E-state index contributed by atoms with van der Waals surface area (Å²) in [4.78, 5) is 40.5. The van der Waals surface area contributed by atoms with E-state index in [0.717, 1.165) is 5.56 Å². The standard InChI is InChI=1S/C22H20N4O3/c1-14-11-16(20(27)23-2)8-9-19(14)26-21(28)15-5-3-7-18(12-15)25-22(29)17-6-4-10-24-13-17/h3-13H,1-2H3,(H,23,27)(H,25,29)(H,26,28). The summed E-state index contributed by atoms with van der Waals surface area (Å²) in [6.07, 6.45) is 3.06. The molecule has 7 heteroatoms. The van der Waals surface area contributed by atoms with Crippen LogP contribution in [0.25, 0.3) is 0 Å². The number of amides is 3. The molecule has 0 spiro atoms. The monoisotopic (exact) mass is 388 g/mol. The minimum absolute atomic E-state index is 0.192. The second-order valence-corrected chi connectivity index (χ2v) is 6.34. The molecular weight excluding hydrogens is 368 g/mol. The van der Waals surface area contributed by atoms with Gasteiger partial charge in [-0.2, -0.15) is 0 Å². The fourth-order valence-electron chi connectivity index (χ4n) is 2.72. The number of nitrogens with zero attached hydrogens (tertiary/aromatic N) is 1. The van der Waals surface area contributed by atoms with Gasteiger partial charge in [-0.1, -0.05) is 6.07 Å². The highest BCUT2D eigenvalue weighted by Crippen LogP contribution is 2.19. The van der Waals surface area contributed by atoms with Crippen LogP contribution in [0.4, 0.5) is 11.4 Å². The van der Waals surface area contributed by atoms with Crippen LogP contribution in [-0.4, -0.2) is 29.8 Å². The number of anilines is 2. The first-order chi connectivity index (χ1) is 14.0. The summed E-state index contributed by atoms with van der Waals surface area (Å²) in [5.74, 6) is -0.822. The molecule has 0 aliphatic rings. The molecule has 3 rings (SSSR count). The molecule has 0 atom stereocenters. The van der Waals surface area contributed by atoms with Gasteiger partial charge in [0.1, 0.15) is 0 Å². The number of carbonyl (C=O) groups excluding carboxylic acids is 3. The van der Waals surface area contributed by atoms with Crippen molar-refractivity contribution in [3.63, 3.8) is 0 Å². The van der Waals surface area contributed by atoms with E-state index in [2.05, 4.69) is 20.9 Å². The van der Waals surface area contributed by atoms with Gasteiger partial charge in [-0.05, 0) is 61.0 Å². The fourth-order valence-corrected chi connectivity index (χ4v) is 2.72. The van der Waals surface area contributed by atoms with Gasteiger partial charge in [0.25, 0.3) is 17.7 Å². The van der Waals surface area contributed by atoms with Crippen LogP contribution in [0.1, 0.15) is 36.6 Å². The lowest BCUT2D eigenvalue weighted by atomic mass is 10.1. The van der Waals surface area contributed by atoms with Crippen molar-refractivity contribution in [3.8, 4) is 0 Å². The van der Waals surface area contributed by atoms with E-state index in [1.807, 2.05) is 6.92 Å². The number of pyridine rings is 1. The molecule has 0 aliphatic heterocycles. The lowest BCUT2D eigenvalue weighted by Gasteiger charge is -2.11. The summed E-state index contributed by atoms with van der Waals surface area (Å²) in [5.41, 5.74) is 3.20. The zero-order valence-electron chi connectivity index (χ0n) is 16.0. The maximum atomic E-state index is 12.6. The molecule has 0 saturated carbocycles. The van der Waals surface area contributed by atoms with E-state index in [0.29, 0.717) is 28.1 Å². The zero-order chi connectivity index (χ0) is 20.8. The van der Waals surface area contributed by atoms with Crippen LogP contribution in [0.5, 0.6) is 0 Å². The largest absolute Gasteiger partial charge is 0.355 e. The second-order valence-electron chi connectivity index (χ2n) is 6.34. The Kier molecular flexibility index (Phi) is 5.99. The maximum Gasteiger partial charge on any atom is 0.257 e. The van der Waals surface area contributed by atoms with Crippen LogP contribution in [-0.2, 0) is 0 Å². The Morgan fingerprint density at radius 1 is 0.793 bits per heavy atom. The predicted octanol–water partition coefficient (Wildman–Crippen LogP) is 3.25. The summed E-state index contributed by atoms with van der Waals surface area (Å²) >= 11 is 0. The van der Waals surface area contributed by atoms with E-state index in [1.54, 1.807) is 67.8 Å². The van der Waals surface area contributed by atoms with Gasteiger partial charge in [-0.25, -0.2) is 0 Å². The van der Waals surface area contributed by atoms with Gasteiger partial charge in [0.15, 0.2) is 0 Å². The van der Waals surface area contributed by atoms with E-state index >= 15 is 0 Å². The average molecular weight is 388 g/mol. The quantitative estimate of drug-likeness (QED) is 0.625. The highest BCUT2D eigenvalue weighted by atomic mass is 16.2. The van der Waals surface area contributed by atoms with Gasteiger partial charge in [-0.15, -0.1) is 0 Å². The molecule has 0 fully saturated rings. The summed E-state index contributed by atoms with van der Waals surface area (Å²) < 4.78 is 0. The van der Waals surface area contributed by atoms with E-state index in [9.17, 15) is 14.4 Å². The third-order valence-corrected chi connectivity index (χ3v) is 4.27. The molecular formula is C22H20N4O3. The molecule has 0 bridgehead atoms. The van der Waals surface area contributed by atoms with Crippen molar-refractivity contribution in [2.75, 3.05) is 17.7 Å². The Balaban J connectivity index is 1.73. The van der Waals surface area contributed by atoms with Crippen molar-refractivity contribution in [1.29, 1.82) is 0 Å². The topological polar surface area (TPSA) is 100 Å². The lowest BCUT2D eigenvalue weighted by molar-refractivity contribution is 0.0961. The minimum atomic E-state index is -0.321. The molecule has 0 aliphatic carbocycles. The third kappa shape index (κ3) is 4.84. The van der Waals surface area contributed by atoms with Crippen LogP contribution in [0.3, 0.4) is 0 Å². The smallest absolute Gasteiger partial charge is 0.257 e. The van der Waals surface area contributed by atoms with Crippen LogP contribution in [0.2, 0.25) is 0 Å². The van der Waals surface area contributed by atoms with E-state index < -0.39 is 0 Å². The normalized spacial score (nSPS) is 10.1. The van der Waals surface area contributed by atoms with Crippen molar-refractivity contribution in [1.82, 2.24) is 10.3 Å². The summed E-state index contributed by atoms with van der Waals surface area (Å²) in [6.45, 7) is 1.81. The van der Waals surface area contributed by atoms with Crippen molar-refractivity contribution in [3.05, 3.63) is 89.2 Å². The van der Waals surface area contributed by atoms with Crippen molar-refractivity contribution in [2.24, 2.45) is 0 Å². The number of hydrogen-bond acceptors (Lipinski definition) is 4. The summed E-state index contributed by atoms with van der Waals surface area (Å²) in [5, 5.41) is 8.14. The lowest BCUT2D eigenvalue weighted by Crippen LogP contribution is -2.18. The predicted molar refractivity (Wildman–Crippen MR) is 111 cm³/mol. The van der Waals surface area contributed by atoms with Gasteiger partial charge < -0.3 is 16.0 Å². The van der Waals surface area contributed by atoms with Crippen LogP contribution in [0.15, 0.2) is 67.0 Å². The Hall–Kier alpha value is -4.00. The van der Waals surface area contributed by atoms with Crippen molar-refractivity contribution < 1.29 is 14.4 Å². The van der Waals surface area contributed by atoms with E-state index in [4.69, 9.17) is 0 Å². The zero-order valence-corrected chi connectivity index (χ0v) is 16.0. The van der Waals surface area contributed by atoms with Gasteiger partial charge in [0.05, 0.1) is 5.56 Å². The number of nitrogens with one attached hydrogen (secondary N) is 3. The number of aromatic nitrogens is 1. The van der Waals surface area contributed by atoms with Crippen LogP contribution < -0.4 is 16.0 Å². The Morgan fingerprint density at radius 3 is 2.21 bits per heavy atom. The Labute approximate surface area is 168 Å². The van der Waals surface area contributed by atoms with E-state index in [1.165, 1.54) is 6.20 Å². The first-order valence-corrected chi connectivity index (χ1v) is 8.93. The Morgan fingerprint density at radius 2 is 1.52 bits per heavy atom. The average Bonchev–Trinajstić information content (AvgIpc) is 2.75. The molecule has 7 nitrogen and oxygen atoms in total. The van der Waals surface area contributed by atoms with Gasteiger partial charge in [0.2, 0.25) is 0 Å². The molecule has 0 radical (unpaired) electrons. The maximum absolute atomic E-state index is 12.6. The van der Waals surface area contributed by atoms with Crippen LogP contribution in [0, 0.1) is 6.92 Å². The van der Waals surface area contributed by atoms with E-state index in [-0.39, 0.29) is 17.7 Å². The fraction of sp³-hybridized carbons (Fsp3) is 0.0909. The van der Waals surface area contributed by atoms with Crippen molar-refractivity contribution in [2.45, 2.75) is 6.92 Å². The summed E-state index contributed by atoms with van der Waals surface area (Å²) in [7, 11) is 1.56. The number of rotatable bonds is 5. The first kappa shape index (κ1) is 19.8. The molecule has 3 amide bonds. The summed E-state index contributed by atoms with van der Waals surface area (Å²) in [6, 6.07) is 15.0. The molecule has 146 valence electrons. The third-order valence-electron chi connectivity index (χ3n) is 4.27. The number of carbonyl (C=O) groups is 3. The highest BCUT2D eigenvalue weighted by Gasteiger charge is 2.12. The minimum Gasteiger partial charge on any atom is -0.355 e. The second kappa shape index (κ2) is 8.79. The number of aryl methyl sites for hydroxylation is 1. The number of hydrogen-bond donors (Lipinski definition) is 3. The molecule has 2 aromatic carbocycles. The molecule has 1 heterocycles. The SMILES string of the molecule is CNC(=O)c1ccc(NC(=O)c2cccc(NC(=O)c3cccnc3)c2)c(C)c1. The molecule has 0 unspecified atom stereocenters. The molecule has 29 heavy (non-hydrogen) atoms. The first-order valence-electron chi connectivity index (χ1n) is 8.93. The van der Waals surface area contributed by atoms with Crippen molar-refractivity contribution >= 4 is 29.1 Å². The van der Waals surface area contributed by atoms with Gasteiger partial charge >= 0.3 is 0 Å². The molecule has 1 aromatic heterocycles. The molecule has 0 saturated heterocycles. The van der Waals surface area contributed by atoms with Crippen LogP contribution >= 0.6 is 0 Å². The Bertz CT molecular complexity index is 1060. The molecule has 3 N–H and O–H groups in total.